The minimum Gasteiger partial charge on any atom is -0.356 e. The average Bonchev–Trinajstić information content (AvgIpc) is 3.30. The van der Waals surface area contributed by atoms with E-state index in [0.717, 1.165) is 23.7 Å². The van der Waals surface area contributed by atoms with Gasteiger partial charge in [0.05, 0.1) is 6.04 Å². The first-order valence-electron chi connectivity index (χ1n) is 13.5. The lowest BCUT2D eigenvalue weighted by atomic mass is 9.94. The monoisotopic (exact) mass is 521 g/mol. The zero-order valence-corrected chi connectivity index (χ0v) is 21.8. The average molecular weight is 522 g/mol. The third-order valence-electron chi connectivity index (χ3n) is 7.91. The van der Waals surface area contributed by atoms with Gasteiger partial charge in [-0.1, -0.05) is 18.2 Å². The maximum absolute atomic E-state index is 13.7. The van der Waals surface area contributed by atoms with Crippen molar-refractivity contribution in [3.05, 3.63) is 36.0 Å². The number of likely N-dealkylation sites (tertiary alicyclic amines) is 1. The van der Waals surface area contributed by atoms with Crippen molar-refractivity contribution < 1.29 is 24.0 Å². The number of nitrogens with one attached hydrogen (secondary N) is 4. The van der Waals surface area contributed by atoms with Crippen LogP contribution in [-0.4, -0.2) is 70.5 Å². The zero-order chi connectivity index (χ0) is 27.0. The summed E-state index contributed by atoms with van der Waals surface area (Å²) in [5.74, 6) is -2.27. The van der Waals surface area contributed by atoms with Crippen LogP contribution in [0.5, 0.6) is 0 Å². The Morgan fingerprint density at radius 1 is 1.05 bits per heavy atom. The molecule has 10 nitrogen and oxygen atoms in total. The summed E-state index contributed by atoms with van der Waals surface area (Å²) in [6.07, 6.45) is 3.24. The molecule has 4 atom stereocenters. The lowest BCUT2D eigenvalue weighted by Gasteiger charge is -2.26. The first-order chi connectivity index (χ1) is 18.2. The summed E-state index contributed by atoms with van der Waals surface area (Å²) < 4.78 is 0. The largest absolute Gasteiger partial charge is 0.356 e. The molecule has 2 aromatic rings. The zero-order valence-electron chi connectivity index (χ0n) is 21.8. The van der Waals surface area contributed by atoms with Crippen molar-refractivity contribution in [1.82, 2.24) is 25.8 Å². The molecule has 1 aromatic carbocycles. The quantitative estimate of drug-likeness (QED) is 0.370. The van der Waals surface area contributed by atoms with Gasteiger partial charge < -0.3 is 25.8 Å². The number of benzene rings is 1. The lowest BCUT2D eigenvalue weighted by molar-refractivity contribution is -0.141. The molecule has 0 spiro atoms. The van der Waals surface area contributed by atoms with Crippen molar-refractivity contribution in [2.75, 3.05) is 13.1 Å². The van der Waals surface area contributed by atoms with Crippen LogP contribution in [0.2, 0.25) is 0 Å². The number of hydrogen-bond donors (Lipinski definition) is 4. The van der Waals surface area contributed by atoms with Crippen molar-refractivity contribution in [3.63, 3.8) is 0 Å². The molecular weight excluding hydrogens is 486 g/mol. The molecule has 0 bridgehead atoms. The highest BCUT2D eigenvalue weighted by molar-refractivity contribution is 6.38. The van der Waals surface area contributed by atoms with Gasteiger partial charge in [-0.25, -0.2) is 0 Å². The molecule has 10 heteroatoms. The molecule has 4 amide bonds. The Kier molecular flexibility index (Phi) is 7.23. The number of H-pyrrole nitrogens is 1. The third kappa shape index (κ3) is 5.44. The lowest BCUT2D eigenvalue weighted by Crippen LogP contribution is -2.54. The van der Waals surface area contributed by atoms with Gasteiger partial charge in [0.2, 0.25) is 17.6 Å². The number of amides is 4. The first kappa shape index (κ1) is 25.9. The van der Waals surface area contributed by atoms with Gasteiger partial charge in [-0.05, 0) is 69.9 Å². The first-order valence-corrected chi connectivity index (χ1v) is 13.5. The highest BCUT2D eigenvalue weighted by atomic mass is 16.2. The van der Waals surface area contributed by atoms with E-state index in [0.29, 0.717) is 37.5 Å². The van der Waals surface area contributed by atoms with Crippen molar-refractivity contribution in [2.24, 2.45) is 17.8 Å². The second-order valence-electron chi connectivity index (χ2n) is 11.1. The van der Waals surface area contributed by atoms with Crippen LogP contribution in [0.3, 0.4) is 0 Å². The minimum atomic E-state index is -1.15. The smallest absolute Gasteiger partial charge is 0.289 e. The Morgan fingerprint density at radius 2 is 1.82 bits per heavy atom. The van der Waals surface area contributed by atoms with Crippen LogP contribution in [-0.2, 0) is 19.2 Å². The van der Waals surface area contributed by atoms with Crippen LogP contribution in [0.4, 0.5) is 0 Å². The van der Waals surface area contributed by atoms with Gasteiger partial charge in [-0.3, -0.25) is 24.0 Å². The molecule has 1 aromatic heterocycles. The molecule has 1 aliphatic carbocycles. The predicted octanol–water partition coefficient (Wildman–Crippen LogP) is 1.51. The van der Waals surface area contributed by atoms with Crippen molar-refractivity contribution in [2.45, 2.75) is 64.1 Å². The molecule has 38 heavy (non-hydrogen) atoms. The second kappa shape index (κ2) is 10.6. The second-order valence-corrected chi connectivity index (χ2v) is 11.1. The number of rotatable bonds is 9. The highest BCUT2D eigenvalue weighted by Gasteiger charge is 2.46. The normalized spacial score (nSPS) is 23.9. The Bertz CT molecular complexity index is 1230. The summed E-state index contributed by atoms with van der Waals surface area (Å²) in [6, 6.07) is 7.22. The summed E-state index contributed by atoms with van der Waals surface area (Å²) in [5, 5.41) is 9.00. The molecular formula is C28H35N5O5. The van der Waals surface area contributed by atoms with Gasteiger partial charge >= 0.3 is 0 Å². The number of nitrogens with zero attached hydrogens (tertiary/aromatic N) is 1. The summed E-state index contributed by atoms with van der Waals surface area (Å²) in [7, 11) is 0. The fourth-order valence-electron chi connectivity index (χ4n) is 5.74. The minimum absolute atomic E-state index is 0.0384. The Balaban J connectivity index is 1.36. The standard InChI is InChI=1S/C28H35N5O5/c1-15(2)30-27(37)24(34)21(12-18-9-10-29-25(18)35)32-26(36)23-13-19(16-7-8-16)14-33(23)28(38)22-11-17-5-3-4-6-20(17)31-22/h3-6,11,15-16,18-19,21,23,31H,7-10,12-14H2,1-2H3,(H,29,35)(H,30,37)(H,32,36)/t18-,19+,21-,23-/m0/s1. The summed E-state index contributed by atoms with van der Waals surface area (Å²) >= 11 is 0. The van der Waals surface area contributed by atoms with E-state index in [1.165, 1.54) is 0 Å². The topological polar surface area (TPSA) is 140 Å². The van der Waals surface area contributed by atoms with Crippen LogP contribution < -0.4 is 16.0 Å². The van der Waals surface area contributed by atoms with Crippen molar-refractivity contribution in [1.29, 1.82) is 0 Å². The van der Waals surface area contributed by atoms with Crippen molar-refractivity contribution in [3.8, 4) is 0 Å². The third-order valence-corrected chi connectivity index (χ3v) is 7.91. The summed E-state index contributed by atoms with van der Waals surface area (Å²) in [6.45, 7) is 4.45. The number of carbonyl (C=O) groups is 5. The number of carbonyl (C=O) groups excluding carboxylic acids is 5. The molecule has 202 valence electrons. The maximum Gasteiger partial charge on any atom is 0.289 e. The van der Waals surface area contributed by atoms with Gasteiger partial charge in [0, 0.05) is 36.0 Å². The maximum atomic E-state index is 13.7. The molecule has 3 aliphatic rings. The molecule has 3 heterocycles. The summed E-state index contributed by atoms with van der Waals surface area (Å²) in [5.41, 5.74) is 1.25. The fourth-order valence-corrected chi connectivity index (χ4v) is 5.74. The van der Waals surface area contributed by atoms with Crippen LogP contribution >= 0.6 is 0 Å². The molecule has 1 saturated carbocycles. The van der Waals surface area contributed by atoms with Gasteiger partial charge in [-0.15, -0.1) is 0 Å². The molecule has 2 aliphatic heterocycles. The van der Waals surface area contributed by atoms with Gasteiger partial charge in [0.1, 0.15) is 11.7 Å². The molecule has 5 rings (SSSR count). The molecule has 3 fully saturated rings. The number of aromatic nitrogens is 1. The SMILES string of the molecule is CC(C)NC(=O)C(=O)[C@H](C[C@@H]1CCNC1=O)NC(=O)[C@@H]1C[C@@H](C2CC2)CN1C(=O)c1cc2ccccc2[nH]1. The van der Waals surface area contributed by atoms with Crippen molar-refractivity contribution >= 4 is 40.3 Å². The van der Waals surface area contributed by atoms with E-state index >= 15 is 0 Å². The number of para-hydroxylation sites is 1. The Hall–Kier alpha value is -3.69. The van der Waals surface area contributed by atoms with Gasteiger partial charge in [0.25, 0.3) is 11.8 Å². The van der Waals surface area contributed by atoms with Crippen LogP contribution in [0.1, 0.15) is 56.4 Å². The van der Waals surface area contributed by atoms with E-state index in [1.54, 1.807) is 24.8 Å². The molecule has 0 radical (unpaired) electrons. The van der Waals surface area contributed by atoms with Crippen LogP contribution in [0.25, 0.3) is 10.9 Å². The molecule has 4 N–H and O–H groups in total. The molecule has 0 unspecified atom stereocenters. The number of ketones is 1. The number of fused-ring (bicyclic) bond motifs is 1. The summed E-state index contributed by atoms with van der Waals surface area (Å²) in [4.78, 5) is 69.9. The van der Waals surface area contributed by atoms with E-state index in [-0.39, 0.29) is 30.2 Å². The van der Waals surface area contributed by atoms with Gasteiger partial charge in [0.15, 0.2) is 0 Å². The van der Waals surface area contributed by atoms with E-state index in [2.05, 4.69) is 20.9 Å². The van der Waals surface area contributed by atoms with E-state index in [1.807, 2.05) is 24.3 Å². The van der Waals surface area contributed by atoms with E-state index in [4.69, 9.17) is 0 Å². The fraction of sp³-hybridized carbons (Fsp3) is 0.536. The highest BCUT2D eigenvalue weighted by Crippen LogP contribution is 2.43. The number of hydrogen-bond acceptors (Lipinski definition) is 5. The van der Waals surface area contributed by atoms with Crippen LogP contribution in [0, 0.1) is 17.8 Å². The van der Waals surface area contributed by atoms with E-state index < -0.39 is 35.6 Å². The van der Waals surface area contributed by atoms with Crippen LogP contribution in [0.15, 0.2) is 30.3 Å². The predicted molar refractivity (Wildman–Crippen MR) is 140 cm³/mol. The number of Topliss-reactive ketones (excluding diaryl/α,β-unsaturated/α-hetero) is 1. The van der Waals surface area contributed by atoms with Gasteiger partial charge in [-0.2, -0.15) is 0 Å². The van der Waals surface area contributed by atoms with E-state index in [9.17, 15) is 24.0 Å². The Labute approximate surface area is 221 Å². The Morgan fingerprint density at radius 3 is 2.47 bits per heavy atom. The molecule has 2 saturated heterocycles. The number of aromatic amines is 1.